The highest BCUT2D eigenvalue weighted by atomic mass is 32.2. The molecule has 0 aliphatic carbocycles. The van der Waals surface area contributed by atoms with E-state index in [0.29, 0.717) is 6.54 Å². The Bertz CT molecular complexity index is 479. The lowest BCUT2D eigenvalue weighted by atomic mass is 10.0. The molecule has 2 N–H and O–H groups in total. The van der Waals surface area contributed by atoms with E-state index in [1.807, 2.05) is 0 Å². The van der Waals surface area contributed by atoms with Crippen molar-refractivity contribution in [3.63, 3.8) is 0 Å². The molecule has 1 rings (SSSR count). The fourth-order valence-electron chi connectivity index (χ4n) is 1.90. The molecule has 0 aliphatic heterocycles. The monoisotopic (exact) mass is 303 g/mol. The molecule has 6 heteroatoms. The van der Waals surface area contributed by atoms with Gasteiger partial charge in [0.05, 0.1) is 0 Å². The summed E-state index contributed by atoms with van der Waals surface area (Å²) in [5.41, 5.74) is 0. The van der Waals surface area contributed by atoms with Crippen LogP contribution in [-0.2, 0) is 16.6 Å². The zero-order valence-corrected chi connectivity index (χ0v) is 13.1. The molecule has 1 heterocycles. The Morgan fingerprint density at radius 1 is 1.20 bits per heavy atom. The van der Waals surface area contributed by atoms with Gasteiger partial charge in [0.2, 0.25) is 5.09 Å². The first kappa shape index (κ1) is 17.2. The van der Waals surface area contributed by atoms with Crippen molar-refractivity contribution in [1.29, 1.82) is 0 Å². The smallest absolute Gasteiger partial charge is 0.273 e. The second kappa shape index (κ2) is 8.44. The minimum Gasteiger partial charge on any atom is -0.446 e. The molecule has 116 valence electrons. The van der Waals surface area contributed by atoms with Gasteiger partial charge in [-0.15, -0.1) is 0 Å². The molecule has 0 fully saturated rings. The number of hydrogen-bond donors (Lipinski definition) is 2. The van der Waals surface area contributed by atoms with Crippen molar-refractivity contribution >= 4 is 10.0 Å². The third-order valence-corrected chi connectivity index (χ3v) is 4.39. The Labute approximate surface area is 121 Å². The molecular formula is C14H25NO4S. The SMILES string of the molecule is CC(C)CCCCCCNS(=O)(=O)c1ccc(CO)o1. The molecule has 0 amide bonds. The summed E-state index contributed by atoms with van der Waals surface area (Å²) in [6, 6.07) is 2.82. The number of aliphatic hydroxyl groups excluding tert-OH is 1. The molecule has 0 radical (unpaired) electrons. The van der Waals surface area contributed by atoms with Gasteiger partial charge in [-0.2, -0.15) is 0 Å². The number of nitrogens with one attached hydrogen (secondary N) is 1. The first-order valence-electron chi connectivity index (χ1n) is 7.15. The lowest BCUT2D eigenvalue weighted by Crippen LogP contribution is -2.24. The first-order chi connectivity index (χ1) is 9.45. The summed E-state index contributed by atoms with van der Waals surface area (Å²) in [7, 11) is -3.58. The van der Waals surface area contributed by atoms with Crippen molar-refractivity contribution in [2.45, 2.75) is 57.7 Å². The quantitative estimate of drug-likeness (QED) is 0.651. The number of hydrogen-bond acceptors (Lipinski definition) is 4. The standard InChI is InChI=1S/C14H25NO4S/c1-12(2)7-5-3-4-6-10-15-20(17,18)14-9-8-13(11-16)19-14/h8-9,12,15-16H,3-7,10-11H2,1-2H3. The average molecular weight is 303 g/mol. The number of aliphatic hydroxyl groups is 1. The van der Waals surface area contributed by atoms with Crippen LogP contribution in [0.5, 0.6) is 0 Å². The molecule has 0 saturated heterocycles. The second-order valence-electron chi connectivity index (χ2n) is 5.37. The van der Waals surface area contributed by atoms with Gasteiger partial charge in [0.15, 0.2) is 0 Å². The van der Waals surface area contributed by atoms with Gasteiger partial charge in [0.25, 0.3) is 10.0 Å². The van der Waals surface area contributed by atoms with Crippen molar-refractivity contribution < 1.29 is 17.9 Å². The zero-order chi connectivity index (χ0) is 15.0. The highest BCUT2D eigenvalue weighted by Crippen LogP contribution is 2.14. The van der Waals surface area contributed by atoms with E-state index in [1.165, 1.54) is 25.0 Å². The van der Waals surface area contributed by atoms with E-state index in [2.05, 4.69) is 18.6 Å². The maximum absolute atomic E-state index is 11.9. The lowest BCUT2D eigenvalue weighted by molar-refractivity contribution is 0.236. The lowest BCUT2D eigenvalue weighted by Gasteiger charge is -2.05. The van der Waals surface area contributed by atoms with Crippen molar-refractivity contribution in [1.82, 2.24) is 4.72 Å². The summed E-state index contributed by atoms with van der Waals surface area (Å²) in [6.45, 7) is 4.53. The third-order valence-electron chi connectivity index (χ3n) is 3.06. The summed E-state index contributed by atoms with van der Waals surface area (Å²) in [5.74, 6) is 0.979. The van der Waals surface area contributed by atoms with Crippen LogP contribution in [0.2, 0.25) is 0 Å². The van der Waals surface area contributed by atoms with Gasteiger partial charge in [-0.05, 0) is 24.5 Å². The first-order valence-corrected chi connectivity index (χ1v) is 8.63. The predicted molar refractivity (Wildman–Crippen MR) is 77.7 cm³/mol. The van der Waals surface area contributed by atoms with Crippen LogP contribution in [0.1, 0.15) is 51.7 Å². The normalized spacial score (nSPS) is 12.2. The van der Waals surface area contributed by atoms with Crippen molar-refractivity contribution in [3.8, 4) is 0 Å². The molecule has 0 saturated carbocycles. The van der Waals surface area contributed by atoms with Gasteiger partial charge in [0, 0.05) is 6.54 Å². The molecule has 0 aliphatic rings. The third kappa shape index (κ3) is 6.07. The van der Waals surface area contributed by atoms with Crippen LogP contribution >= 0.6 is 0 Å². The maximum Gasteiger partial charge on any atom is 0.273 e. The number of unbranched alkanes of at least 4 members (excludes halogenated alkanes) is 3. The average Bonchev–Trinajstić information content (AvgIpc) is 2.86. The van der Waals surface area contributed by atoms with Gasteiger partial charge in [-0.1, -0.05) is 39.5 Å². The van der Waals surface area contributed by atoms with E-state index in [-0.39, 0.29) is 17.5 Å². The molecule has 0 atom stereocenters. The van der Waals surface area contributed by atoms with Crippen molar-refractivity contribution in [3.05, 3.63) is 17.9 Å². The summed E-state index contributed by atoms with van der Waals surface area (Å²) in [4.78, 5) is 0. The molecule has 20 heavy (non-hydrogen) atoms. The van der Waals surface area contributed by atoms with E-state index in [9.17, 15) is 8.42 Å². The van der Waals surface area contributed by atoms with Crippen LogP contribution in [0.3, 0.4) is 0 Å². The van der Waals surface area contributed by atoms with Crippen LogP contribution in [0.15, 0.2) is 21.6 Å². The van der Waals surface area contributed by atoms with Crippen LogP contribution in [0, 0.1) is 5.92 Å². The Kier molecular flexibility index (Phi) is 7.26. The van der Waals surface area contributed by atoms with Crippen LogP contribution in [0.25, 0.3) is 0 Å². The molecule has 1 aromatic rings. The Morgan fingerprint density at radius 3 is 2.50 bits per heavy atom. The molecular weight excluding hydrogens is 278 g/mol. The summed E-state index contributed by atoms with van der Waals surface area (Å²) < 4.78 is 31.2. The van der Waals surface area contributed by atoms with Gasteiger partial charge in [0.1, 0.15) is 12.4 Å². The highest BCUT2D eigenvalue weighted by molar-refractivity contribution is 7.89. The molecule has 0 spiro atoms. The van der Waals surface area contributed by atoms with Gasteiger partial charge in [-0.3, -0.25) is 0 Å². The topological polar surface area (TPSA) is 79.5 Å². The molecule has 1 aromatic heterocycles. The maximum atomic E-state index is 11.9. The van der Waals surface area contributed by atoms with E-state index < -0.39 is 10.0 Å². The van der Waals surface area contributed by atoms with E-state index >= 15 is 0 Å². The summed E-state index contributed by atoms with van der Waals surface area (Å²) >= 11 is 0. The van der Waals surface area contributed by atoms with E-state index in [4.69, 9.17) is 9.52 Å². The summed E-state index contributed by atoms with van der Waals surface area (Å²) in [5, 5.41) is 8.71. The molecule has 5 nitrogen and oxygen atoms in total. The van der Waals surface area contributed by atoms with Crippen molar-refractivity contribution in [2.24, 2.45) is 5.92 Å². The fraction of sp³-hybridized carbons (Fsp3) is 0.714. The van der Waals surface area contributed by atoms with Gasteiger partial charge < -0.3 is 9.52 Å². The van der Waals surface area contributed by atoms with Crippen LogP contribution in [0.4, 0.5) is 0 Å². The summed E-state index contributed by atoms with van der Waals surface area (Å²) in [6.07, 6.45) is 5.40. The number of sulfonamides is 1. The fourth-order valence-corrected chi connectivity index (χ4v) is 2.92. The molecule has 0 bridgehead atoms. The zero-order valence-electron chi connectivity index (χ0n) is 12.3. The number of rotatable bonds is 10. The predicted octanol–water partition coefficient (Wildman–Crippen LogP) is 2.66. The van der Waals surface area contributed by atoms with Crippen molar-refractivity contribution in [2.75, 3.05) is 6.54 Å². The van der Waals surface area contributed by atoms with E-state index in [0.717, 1.165) is 25.2 Å². The Morgan fingerprint density at radius 2 is 1.90 bits per heavy atom. The van der Waals surface area contributed by atoms with Gasteiger partial charge in [-0.25, -0.2) is 13.1 Å². The Hall–Kier alpha value is -0.850. The number of furan rings is 1. The molecule has 0 unspecified atom stereocenters. The largest absolute Gasteiger partial charge is 0.446 e. The Balaban J connectivity index is 2.23. The minimum atomic E-state index is -3.58. The second-order valence-corrected chi connectivity index (χ2v) is 7.07. The molecule has 0 aromatic carbocycles. The van der Waals surface area contributed by atoms with Crippen LogP contribution in [-0.4, -0.2) is 20.1 Å². The minimum absolute atomic E-state index is 0.138. The van der Waals surface area contributed by atoms with Crippen LogP contribution < -0.4 is 4.72 Å². The highest BCUT2D eigenvalue weighted by Gasteiger charge is 2.17. The van der Waals surface area contributed by atoms with Gasteiger partial charge >= 0.3 is 0 Å². The van der Waals surface area contributed by atoms with E-state index in [1.54, 1.807) is 0 Å².